The van der Waals surface area contributed by atoms with E-state index in [0.29, 0.717) is 5.92 Å². The molecule has 0 heterocycles. The zero-order valence-corrected chi connectivity index (χ0v) is 12.8. The molecule has 0 aliphatic rings. The van der Waals surface area contributed by atoms with E-state index in [-0.39, 0.29) is 6.04 Å². The van der Waals surface area contributed by atoms with E-state index in [1.807, 2.05) is 0 Å². The third kappa shape index (κ3) is 3.94. The van der Waals surface area contributed by atoms with Gasteiger partial charge in [-0.05, 0) is 42.4 Å². The van der Waals surface area contributed by atoms with Crippen LogP contribution in [0.25, 0.3) is 0 Å². The lowest BCUT2D eigenvalue weighted by atomic mass is 9.97. The largest absolute Gasteiger partial charge is 0.324 e. The van der Waals surface area contributed by atoms with Crippen LogP contribution < -0.4 is 5.73 Å². The molecule has 2 aromatic rings. The first kappa shape index (κ1) is 14.8. The summed E-state index contributed by atoms with van der Waals surface area (Å²) in [5.41, 5.74) is 11.6. The van der Waals surface area contributed by atoms with Gasteiger partial charge in [-0.2, -0.15) is 0 Å². The molecule has 20 heavy (non-hydrogen) atoms. The van der Waals surface area contributed by atoms with Crippen molar-refractivity contribution < 1.29 is 0 Å². The van der Waals surface area contributed by atoms with Gasteiger partial charge < -0.3 is 5.73 Å². The molecule has 1 unspecified atom stereocenters. The quantitative estimate of drug-likeness (QED) is 0.831. The summed E-state index contributed by atoms with van der Waals surface area (Å²) in [6, 6.07) is 17.6. The molecule has 2 rings (SSSR count). The van der Waals surface area contributed by atoms with Gasteiger partial charge in [-0.15, -0.1) is 0 Å². The van der Waals surface area contributed by atoms with E-state index >= 15 is 0 Å². The Bertz CT molecular complexity index is 523. The van der Waals surface area contributed by atoms with Crippen molar-refractivity contribution in [2.75, 3.05) is 0 Å². The fourth-order valence-electron chi connectivity index (χ4n) is 2.37. The Labute approximate surface area is 122 Å². The molecule has 106 valence electrons. The maximum absolute atomic E-state index is 6.27. The van der Waals surface area contributed by atoms with Crippen molar-refractivity contribution in [1.29, 1.82) is 0 Å². The second-order valence-corrected chi connectivity index (χ2v) is 5.95. The number of nitrogens with two attached hydrogens (primary N) is 1. The first-order valence-corrected chi connectivity index (χ1v) is 7.47. The van der Waals surface area contributed by atoms with Crippen molar-refractivity contribution in [3.63, 3.8) is 0 Å². The molecule has 0 radical (unpaired) electrons. The number of hydrogen-bond donors (Lipinski definition) is 1. The van der Waals surface area contributed by atoms with Crippen LogP contribution in [-0.2, 0) is 6.42 Å². The Morgan fingerprint density at radius 2 is 1.40 bits per heavy atom. The van der Waals surface area contributed by atoms with Crippen molar-refractivity contribution in [2.24, 2.45) is 5.73 Å². The van der Waals surface area contributed by atoms with Crippen LogP contribution in [0.15, 0.2) is 48.5 Å². The van der Waals surface area contributed by atoms with Crippen molar-refractivity contribution in [3.8, 4) is 0 Å². The lowest BCUT2D eigenvalue weighted by Gasteiger charge is -2.13. The van der Waals surface area contributed by atoms with Crippen LogP contribution in [0.3, 0.4) is 0 Å². The summed E-state index contributed by atoms with van der Waals surface area (Å²) >= 11 is 0. The third-order valence-corrected chi connectivity index (χ3v) is 3.90. The van der Waals surface area contributed by atoms with Crippen LogP contribution in [0.1, 0.15) is 54.5 Å². The Hall–Kier alpha value is -1.60. The summed E-state index contributed by atoms with van der Waals surface area (Å²) in [6.07, 6.45) is 2.03. The molecule has 0 aliphatic heterocycles. The molecule has 2 N–H and O–H groups in total. The monoisotopic (exact) mass is 267 g/mol. The van der Waals surface area contributed by atoms with Crippen molar-refractivity contribution in [3.05, 3.63) is 70.8 Å². The summed E-state index contributed by atoms with van der Waals surface area (Å²) in [6.45, 7) is 6.55. The zero-order valence-electron chi connectivity index (χ0n) is 12.8. The topological polar surface area (TPSA) is 26.0 Å². The van der Waals surface area contributed by atoms with Gasteiger partial charge >= 0.3 is 0 Å². The van der Waals surface area contributed by atoms with E-state index < -0.39 is 0 Å². The molecule has 0 spiro atoms. The van der Waals surface area contributed by atoms with Gasteiger partial charge in [0.25, 0.3) is 0 Å². The highest BCUT2D eigenvalue weighted by Crippen LogP contribution is 2.19. The predicted octanol–water partition coefficient (Wildman–Crippen LogP) is 4.75. The standard InChI is InChI=1S/C19H25N/c1-14(2)17-11-6-16(7-12-17)8-13-19(20)18-9-4-15(3)5-10-18/h4-7,9-12,14,19H,8,13,20H2,1-3H3. The van der Waals surface area contributed by atoms with Gasteiger partial charge in [0.15, 0.2) is 0 Å². The van der Waals surface area contributed by atoms with Crippen molar-refractivity contribution in [2.45, 2.75) is 45.6 Å². The molecule has 0 saturated carbocycles. The predicted molar refractivity (Wildman–Crippen MR) is 87.0 cm³/mol. The molecule has 0 fully saturated rings. The molecule has 0 aromatic heterocycles. The van der Waals surface area contributed by atoms with Gasteiger partial charge in [0.1, 0.15) is 0 Å². The van der Waals surface area contributed by atoms with Gasteiger partial charge in [-0.25, -0.2) is 0 Å². The van der Waals surface area contributed by atoms with E-state index in [9.17, 15) is 0 Å². The van der Waals surface area contributed by atoms with Gasteiger partial charge in [-0.3, -0.25) is 0 Å². The molecule has 0 saturated heterocycles. The minimum absolute atomic E-state index is 0.125. The molecular formula is C19H25N. The van der Waals surface area contributed by atoms with E-state index in [4.69, 9.17) is 5.73 Å². The fourth-order valence-corrected chi connectivity index (χ4v) is 2.37. The Balaban J connectivity index is 1.92. The van der Waals surface area contributed by atoms with Gasteiger partial charge in [0.2, 0.25) is 0 Å². The fraction of sp³-hybridized carbons (Fsp3) is 0.368. The van der Waals surface area contributed by atoms with Crippen molar-refractivity contribution in [1.82, 2.24) is 0 Å². The van der Waals surface area contributed by atoms with Gasteiger partial charge in [-0.1, -0.05) is 67.9 Å². The highest BCUT2D eigenvalue weighted by atomic mass is 14.6. The van der Waals surface area contributed by atoms with E-state index in [0.717, 1.165) is 12.8 Å². The first-order chi connectivity index (χ1) is 9.56. The maximum atomic E-state index is 6.27. The van der Waals surface area contributed by atoms with Crippen LogP contribution in [0.4, 0.5) is 0 Å². The summed E-state index contributed by atoms with van der Waals surface area (Å²) in [4.78, 5) is 0. The SMILES string of the molecule is Cc1ccc(C(N)CCc2ccc(C(C)C)cc2)cc1. The van der Waals surface area contributed by atoms with Gasteiger partial charge in [0.05, 0.1) is 0 Å². The Kier molecular flexibility index (Phi) is 4.97. The smallest absolute Gasteiger partial charge is 0.0298 e. The van der Waals surface area contributed by atoms with Crippen LogP contribution in [0.5, 0.6) is 0 Å². The highest BCUT2D eigenvalue weighted by Gasteiger charge is 2.06. The third-order valence-electron chi connectivity index (χ3n) is 3.90. The average Bonchev–Trinajstić information content (AvgIpc) is 2.46. The molecule has 1 atom stereocenters. The molecule has 1 heteroatoms. The summed E-state index contributed by atoms with van der Waals surface area (Å²) in [5, 5.41) is 0. The second-order valence-electron chi connectivity index (χ2n) is 5.95. The second kappa shape index (κ2) is 6.71. The summed E-state index contributed by atoms with van der Waals surface area (Å²) in [5.74, 6) is 0.596. The summed E-state index contributed by atoms with van der Waals surface area (Å²) in [7, 11) is 0. The molecule has 0 bridgehead atoms. The van der Waals surface area contributed by atoms with Crippen LogP contribution in [-0.4, -0.2) is 0 Å². The van der Waals surface area contributed by atoms with Gasteiger partial charge in [0, 0.05) is 6.04 Å². The number of benzene rings is 2. The van der Waals surface area contributed by atoms with Crippen LogP contribution in [0, 0.1) is 6.92 Å². The van der Waals surface area contributed by atoms with Crippen LogP contribution >= 0.6 is 0 Å². The summed E-state index contributed by atoms with van der Waals surface area (Å²) < 4.78 is 0. The number of rotatable bonds is 5. The Morgan fingerprint density at radius 1 is 0.850 bits per heavy atom. The van der Waals surface area contributed by atoms with E-state index in [2.05, 4.69) is 69.3 Å². The highest BCUT2D eigenvalue weighted by molar-refractivity contribution is 5.26. The lowest BCUT2D eigenvalue weighted by Crippen LogP contribution is -2.11. The molecule has 0 aliphatic carbocycles. The van der Waals surface area contributed by atoms with Crippen molar-refractivity contribution >= 4 is 0 Å². The normalized spacial score (nSPS) is 12.7. The number of hydrogen-bond acceptors (Lipinski definition) is 1. The maximum Gasteiger partial charge on any atom is 0.0298 e. The van der Waals surface area contributed by atoms with E-state index in [1.54, 1.807) is 0 Å². The van der Waals surface area contributed by atoms with Crippen LogP contribution in [0.2, 0.25) is 0 Å². The lowest BCUT2D eigenvalue weighted by molar-refractivity contribution is 0.651. The zero-order chi connectivity index (χ0) is 14.5. The minimum Gasteiger partial charge on any atom is -0.324 e. The number of aryl methyl sites for hydroxylation is 2. The molecule has 2 aromatic carbocycles. The van der Waals surface area contributed by atoms with E-state index in [1.165, 1.54) is 22.3 Å². The molecule has 0 amide bonds. The Morgan fingerprint density at radius 3 is 1.95 bits per heavy atom. The minimum atomic E-state index is 0.125. The molecule has 1 nitrogen and oxygen atoms in total. The molecular weight excluding hydrogens is 242 g/mol. The average molecular weight is 267 g/mol. The first-order valence-electron chi connectivity index (χ1n) is 7.47.